The van der Waals surface area contributed by atoms with Crippen molar-refractivity contribution < 1.29 is 19.5 Å². The van der Waals surface area contributed by atoms with Crippen LogP contribution >= 0.6 is 0 Å². The highest BCUT2D eigenvalue weighted by molar-refractivity contribution is 6.38. The van der Waals surface area contributed by atoms with Gasteiger partial charge in [0.05, 0.1) is 0 Å². The van der Waals surface area contributed by atoms with Gasteiger partial charge in [0, 0.05) is 12.0 Å². The van der Waals surface area contributed by atoms with E-state index in [1.54, 1.807) is 13.8 Å². The lowest BCUT2D eigenvalue weighted by Crippen LogP contribution is -2.53. The molecule has 1 aliphatic heterocycles. The maximum Gasteiger partial charge on any atom is 0.326 e. The van der Waals surface area contributed by atoms with Gasteiger partial charge >= 0.3 is 5.97 Å². The second kappa shape index (κ2) is 5.72. The van der Waals surface area contributed by atoms with E-state index < -0.39 is 29.1 Å². The molecule has 1 heterocycles. The van der Waals surface area contributed by atoms with Crippen molar-refractivity contribution in [2.75, 3.05) is 6.54 Å². The number of hydrogen-bond acceptors (Lipinski definition) is 3. The molecule has 1 fully saturated rings. The van der Waals surface area contributed by atoms with Gasteiger partial charge in [0.1, 0.15) is 6.04 Å². The standard InChI is InChI=1S/C14H23NO4/c1-9(2)14(3,4)11(16)12(17)15-8-6-5-7-10(15)13(18)19/h9-10H,5-8H2,1-4H3,(H,18,19). The van der Waals surface area contributed by atoms with Gasteiger partial charge in [-0.15, -0.1) is 0 Å². The highest BCUT2D eigenvalue weighted by Crippen LogP contribution is 2.29. The molecular weight excluding hydrogens is 246 g/mol. The molecule has 1 rings (SSSR count). The van der Waals surface area contributed by atoms with Gasteiger partial charge in [-0.1, -0.05) is 27.7 Å². The molecule has 1 saturated heterocycles. The van der Waals surface area contributed by atoms with E-state index in [-0.39, 0.29) is 5.92 Å². The molecule has 1 N–H and O–H groups in total. The zero-order valence-corrected chi connectivity index (χ0v) is 12.1. The van der Waals surface area contributed by atoms with Crippen molar-refractivity contribution in [3.63, 3.8) is 0 Å². The Morgan fingerprint density at radius 1 is 1.21 bits per heavy atom. The van der Waals surface area contributed by atoms with E-state index in [0.29, 0.717) is 13.0 Å². The molecule has 108 valence electrons. The Morgan fingerprint density at radius 3 is 2.26 bits per heavy atom. The third kappa shape index (κ3) is 3.14. The largest absolute Gasteiger partial charge is 0.480 e. The normalized spacial score (nSPS) is 20.5. The summed E-state index contributed by atoms with van der Waals surface area (Å²) < 4.78 is 0. The van der Waals surface area contributed by atoms with E-state index in [1.807, 2.05) is 13.8 Å². The Bertz CT molecular complexity index is 387. The third-order valence-electron chi connectivity index (χ3n) is 4.27. The highest BCUT2D eigenvalue weighted by atomic mass is 16.4. The van der Waals surface area contributed by atoms with Crippen LogP contribution in [0.5, 0.6) is 0 Å². The number of Topliss-reactive ketones (excluding diaryl/α,β-unsaturated/α-hetero) is 1. The second-order valence-corrected chi connectivity index (χ2v) is 6.05. The van der Waals surface area contributed by atoms with Gasteiger partial charge < -0.3 is 10.0 Å². The monoisotopic (exact) mass is 269 g/mol. The predicted molar refractivity (Wildman–Crippen MR) is 70.6 cm³/mol. The van der Waals surface area contributed by atoms with Crippen LogP contribution in [0.4, 0.5) is 0 Å². The van der Waals surface area contributed by atoms with Crippen LogP contribution in [0.2, 0.25) is 0 Å². The fourth-order valence-corrected chi connectivity index (χ4v) is 2.10. The quantitative estimate of drug-likeness (QED) is 0.788. The first-order valence-electron chi connectivity index (χ1n) is 6.77. The maximum atomic E-state index is 12.3. The Hall–Kier alpha value is -1.39. The minimum atomic E-state index is -1.02. The molecule has 5 heteroatoms. The molecule has 0 aromatic rings. The van der Waals surface area contributed by atoms with Crippen LogP contribution < -0.4 is 0 Å². The van der Waals surface area contributed by atoms with Crippen LogP contribution in [0.15, 0.2) is 0 Å². The summed E-state index contributed by atoms with van der Waals surface area (Å²) in [7, 11) is 0. The number of piperidine rings is 1. The van der Waals surface area contributed by atoms with E-state index in [4.69, 9.17) is 5.11 Å². The average molecular weight is 269 g/mol. The summed E-state index contributed by atoms with van der Waals surface area (Å²) in [5, 5.41) is 9.15. The summed E-state index contributed by atoms with van der Waals surface area (Å²) in [4.78, 5) is 37.0. The van der Waals surface area contributed by atoms with Crippen molar-refractivity contribution in [2.24, 2.45) is 11.3 Å². The molecule has 0 spiro atoms. The Kier molecular flexibility index (Phi) is 4.71. The van der Waals surface area contributed by atoms with Crippen molar-refractivity contribution in [1.29, 1.82) is 0 Å². The molecule has 1 unspecified atom stereocenters. The molecule has 1 atom stereocenters. The molecule has 0 bridgehead atoms. The zero-order valence-electron chi connectivity index (χ0n) is 12.1. The molecule has 0 aromatic heterocycles. The van der Waals surface area contributed by atoms with Gasteiger partial charge in [0.15, 0.2) is 0 Å². The van der Waals surface area contributed by atoms with E-state index in [1.165, 1.54) is 4.90 Å². The summed E-state index contributed by atoms with van der Waals surface area (Å²) >= 11 is 0. The first kappa shape index (κ1) is 15.7. The fraction of sp³-hybridized carbons (Fsp3) is 0.786. The summed E-state index contributed by atoms with van der Waals surface area (Å²) in [6, 6.07) is -0.854. The molecule has 1 amide bonds. The van der Waals surface area contributed by atoms with Crippen molar-refractivity contribution in [1.82, 2.24) is 4.90 Å². The summed E-state index contributed by atoms with van der Waals surface area (Å²) in [6.07, 6.45) is 1.96. The minimum Gasteiger partial charge on any atom is -0.480 e. The Balaban J connectivity index is 2.92. The van der Waals surface area contributed by atoms with Crippen LogP contribution in [0, 0.1) is 11.3 Å². The number of hydrogen-bond donors (Lipinski definition) is 1. The summed E-state index contributed by atoms with van der Waals surface area (Å²) in [5.74, 6) is -2.14. The number of aliphatic carboxylic acids is 1. The molecule has 19 heavy (non-hydrogen) atoms. The van der Waals surface area contributed by atoms with Gasteiger partial charge in [0.25, 0.3) is 5.91 Å². The average Bonchev–Trinajstić information content (AvgIpc) is 2.36. The summed E-state index contributed by atoms with van der Waals surface area (Å²) in [5.41, 5.74) is -0.766. The molecule has 1 aliphatic rings. The van der Waals surface area contributed by atoms with E-state index >= 15 is 0 Å². The smallest absolute Gasteiger partial charge is 0.326 e. The molecule has 0 radical (unpaired) electrons. The molecule has 0 saturated carbocycles. The van der Waals surface area contributed by atoms with E-state index in [9.17, 15) is 14.4 Å². The first-order valence-corrected chi connectivity index (χ1v) is 6.77. The molecule has 0 aromatic carbocycles. The molecule has 0 aliphatic carbocycles. The molecule has 5 nitrogen and oxygen atoms in total. The highest BCUT2D eigenvalue weighted by Gasteiger charge is 2.41. The minimum absolute atomic E-state index is 0.0250. The number of ketones is 1. The number of carboxylic acids is 1. The lowest BCUT2D eigenvalue weighted by molar-refractivity contribution is -0.158. The van der Waals surface area contributed by atoms with Crippen molar-refractivity contribution in [3.05, 3.63) is 0 Å². The number of carboxylic acid groups (broad SMARTS) is 1. The number of nitrogens with zero attached hydrogens (tertiary/aromatic N) is 1. The lowest BCUT2D eigenvalue weighted by atomic mass is 9.76. The van der Waals surface area contributed by atoms with Crippen molar-refractivity contribution in [3.8, 4) is 0 Å². The number of rotatable bonds is 4. The van der Waals surface area contributed by atoms with Gasteiger partial charge in [-0.05, 0) is 25.2 Å². The number of carbonyl (C=O) groups is 3. The lowest BCUT2D eigenvalue weighted by Gasteiger charge is -2.35. The van der Waals surface area contributed by atoms with Gasteiger partial charge in [-0.3, -0.25) is 9.59 Å². The van der Waals surface area contributed by atoms with Crippen LogP contribution in [0.25, 0.3) is 0 Å². The van der Waals surface area contributed by atoms with Crippen LogP contribution in [-0.2, 0) is 14.4 Å². The van der Waals surface area contributed by atoms with Crippen molar-refractivity contribution >= 4 is 17.7 Å². The van der Waals surface area contributed by atoms with Gasteiger partial charge in [0.2, 0.25) is 5.78 Å². The Morgan fingerprint density at radius 2 is 1.79 bits per heavy atom. The zero-order chi connectivity index (χ0) is 14.8. The van der Waals surface area contributed by atoms with Crippen LogP contribution in [-0.4, -0.2) is 40.3 Å². The number of amides is 1. The second-order valence-electron chi connectivity index (χ2n) is 6.05. The number of likely N-dealkylation sites (tertiary alicyclic amines) is 1. The SMILES string of the molecule is CC(C)C(C)(C)C(=O)C(=O)N1CCCCC1C(=O)O. The fourth-order valence-electron chi connectivity index (χ4n) is 2.10. The number of carbonyl (C=O) groups excluding carboxylic acids is 2. The van der Waals surface area contributed by atoms with E-state index in [0.717, 1.165) is 12.8 Å². The summed E-state index contributed by atoms with van der Waals surface area (Å²) in [6.45, 7) is 7.59. The maximum absolute atomic E-state index is 12.3. The van der Waals surface area contributed by atoms with Crippen LogP contribution in [0.1, 0.15) is 47.0 Å². The Labute approximate surface area is 114 Å². The topological polar surface area (TPSA) is 74.7 Å². The molecular formula is C14H23NO4. The predicted octanol–water partition coefficient (Wildman–Crippen LogP) is 1.70. The third-order valence-corrected chi connectivity index (χ3v) is 4.27. The first-order chi connectivity index (χ1) is 8.69. The van der Waals surface area contributed by atoms with Gasteiger partial charge in [-0.2, -0.15) is 0 Å². The van der Waals surface area contributed by atoms with Crippen molar-refractivity contribution in [2.45, 2.75) is 53.0 Å². The van der Waals surface area contributed by atoms with E-state index in [2.05, 4.69) is 0 Å². The van der Waals surface area contributed by atoms with Crippen LogP contribution in [0.3, 0.4) is 0 Å². The van der Waals surface area contributed by atoms with Gasteiger partial charge in [-0.25, -0.2) is 4.79 Å².